The summed E-state index contributed by atoms with van der Waals surface area (Å²) in [5.74, 6) is 5.41. The first-order chi connectivity index (χ1) is 7.69. The first kappa shape index (κ1) is 11.7. The summed E-state index contributed by atoms with van der Waals surface area (Å²) in [5, 5.41) is 10.7. The molecule has 0 bridgehead atoms. The van der Waals surface area contributed by atoms with Gasteiger partial charge in [-0.05, 0) is 12.1 Å². The zero-order chi connectivity index (χ0) is 12.0. The van der Waals surface area contributed by atoms with Gasteiger partial charge in [-0.2, -0.15) is 0 Å². The van der Waals surface area contributed by atoms with Gasteiger partial charge in [0.1, 0.15) is 6.29 Å². The van der Waals surface area contributed by atoms with E-state index in [0.717, 1.165) is 0 Å². The SMILES string of the molecule is COc1ccc(C#CCC=O)cc1[N+](=O)[O-]. The Morgan fingerprint density at radius 3 is 2.88 bits per heavy atom. The molecule has 0 aliphatic heterocycles. The second kappa shape index (κ2) is 5.51. The summed E-state index contributed by atoms with van der Waals surface area (Å²) in [6, 6.07) is 4.39. The Labute approximate surface area is 92.2 Å². The molecule has 0 amide bonds. The summed E-state index contributed by atoms with van der Waals surface area (Å²) in [6.07, 6.45) is 0.783. The molecule has 1 rings (SSSR count). The van der Waals surface area contributed by atoms with Crippen LogP contribution >= 0.6 is 0 Å². The van der Waals surface area contributed by atoms with Gasteiger partial charge in [-0.25, -0.2) is 0 Å². The van der Waals surface area contributed by atoms with Gasteiger partial charge in [-0.1, -0.05) is 11.8 Å². The summed E-state index contributed by atoms with van der Waals surface area (Å²) in [7, 11) is 1.36. The maximum Gasteiger partial charge on any atom is 0.312 e. The molecule has 0 fully saturated rings. The Morgan fingerprint density at radius 1 is 1.56 bits per heavy atom. The monoisotopic (exact) mass is 219 g/mol. The van der Waals surface area contributed by atoms with Crippen LogP contribution in [-0.2, 0) is 4.79 Å². The summed E-state index contributed by atoms with van der Waals surface area (Å²) in [6.45, 7) is 0. The summed E-state index contributed by atoms with van der Waals surface area (Å²) < 4.78 is 4.84. The number of rotatable bonds is 3. The average molecular weight is 219 g/mol. The Balaban J connectivity index is 3.08. The normalized spacial score (nSPS) is 8.81. The van der Waals surface area contributed by atoms with Crippen LogP contribution in [-0.4, -0.2) is 18.3 Å². The number of carbonyl (C=O) groups excluding carboxylic acids is 1. The molecule has 82 valence electrons. The van der Waals surface area contributed by atoms with Crippen LogP contribution in [0.2, 0.25) is 0 Å². The highest BCUT2D eigenvalue weighted by molar-refractivity contribution is 5.56. The van der Waals surface area contributed by atoms with Gasteiger partial charge in [0.05, 0.1) is 18.5 Å². The Bertz CT molecular complexity index is 471. The van der Waals surface area contributed by atoms with Crippen molar-refractivity contribution in [3.63, 3.8) is 0 Å². The number of hydrogen-bond donors (Lipinski definition) is 0. The molecule has 1 aromatic carbocycles. The lowest BCUT2D eigenvalue weighted by atomic mass is 10.2. The third-order valence-corrected chi connectivity index (χ3v) is 1.79. The van der Waals surface area contributed by atoms with Gasteiger partial charge >= 0.3 is 5.69 Å². The van der Waals surface area contributed by atoms with E-state index in [1.807, 2.05) is 0 Å². The smallest absolute Gasteiger partial charge is 0.312 e. The molecule has 5 heteroatoms. The number of benzene rings is 1. The molecule has 0 saturated carbocycles. The highest BCUT2D eigenvalue weighted by Gasteiger charge is 2.14. The minimum absolute atomic E-state index is 0.111. The van der Waals surface area contributed by atoms with Crippen molar-refractivity contribution in [1.82, 2.24) is 0 Å². The number of nitro benzene ring substituents is 1. The molecule has 0 spiro atoms. The molecule has 1 aromatic rings. The van der Waals surface area contributed by atoms with E-state index in [4.69, 9.17) is 4.74 Å². The van der Waals surface area contributed by atoms with Crippen LogP contribution in [0.5, 0.6) is 5.75 Å². The quantitative estimate of drug-likeness (QED) is 0.334. The van der Waals surface area contributed by atoms with Crippen molar-refractivity contribution < 1.29 is 14.5 Å². The van der Waals surface area contributed by atoms with Crippen molar-refractivity contribution in [2.75, 3.05) is 7.11 Å². The lowest BCUT2D eigenvalue weighted by Gasteiger charge is -2.00. The fourth-order valence-electron chi connectivity index (χ4n) is 1.11. The largest absolute Gasteiger partial charge is 0.490 e. The van der Waals surface area contributed by atoms with Gasteiger partial charge in [0.25, 0.3) is 0 Å². The van der Waals surface area contributed by atoms with Crippen molar-refractivity contribution in [2.45, 2.75) is 6.42 Å². The molecule has 0 aliphatic rings. The fraction of sp³-hybridized carbons (Fsp3) is 0.182. The highest BCUT2D eigenvalue weighted by Crippen LogP contribution is 2.26. The maximum atomic E-state index is 10.7. The number of nitro groups is 1. The van der Waals surface area contributed by atoms with E-state index in [0.29, 0.717) is 11.8 Å². The molecule has 0 heterocycles. The highest BCUT2D eigenvalue weighted by atomic mass is 16.6. The summed E-state index contributed by atoms with van der Waals surface area (Å²) >= 11 is 0. The molecule has 0 aromatic heterocycles. The molecule has 0 unspecified atom stereocenters. The predicted octanol–water partition coefficient (Wildman–Crippen LogP) is 1.54. The topological polar surface area (TPSA) is 69.4 Å². The van der Waals surface area contributed by atoms with E-state index in [1.54, 1.807) is 6.07 Å². The van der Waals surface area contributed by atoms with Gasteiger partial charge in [0.15, 0.2) is 5.75 Å². The van der Waals surface area contributed by atoms with Gasteiger partial charge in [-0.15, -0.1) is 0 Å². The lowest BCUT2D eigenvalue weighted by molar-refractivity contribution is -0.385. The molecule has 0 atom stereocenters. The number of aldehydes is 1. The van der Waals surface area contributed by atoms with Crippen molar-refractivity contribution in [3.05, 3.63) is 33.9 Å². The van der Waals surface area contributed by atoms with Crippen LogP contribution in [0.4, 0.5) is 5.69 Å². The fourth-order valence-corrected chi connectivity index (χ4v) is 1.11. The molecule has 0 saturated heterocycles. The van der Waals surface area contributed by atoms with Crippen LogP contribution in [0.15, 0.2) is 18.2 Å². The van der Waals surface area contributed by atoms with Crippen LogP contribution in [0.3, 0.4) is 0 Å². The number of hydrogen-bond acceptors (Lipinski definition) is 4. The molecule has 0 aliphatic carbocycles. The number of nitrogens with zero attached hydrogens (tertiary/aromatic N) is 1. The second-order valence-electron chi connectivity index (χ2n) is 2.82. The van der Waals surface area contributed by atoms with E-state index in [2.05, 4.69) is 11.8 Å². The maximum absolute atomic E-state index is 10.7. The van der Waals surface area contributed by atoms with Gasteiger partial charge < -0.3 is 9.53 Å². The number of carbonyl (C=O) groups is 1. The Hall–Kier alpha value is -2.35. The Morgan fingerprint density at radius 2 is 2.31 bits per heavy atom. The summed E-state index contributed by atoms with van der Waals surface area (Å²) in [4.78, 5) is 20.2. The van der Waals surface area contributed by atoms with Gasteiger partial charge in [-0.3, -0.25) is 10.1 Å². The minimum Gasteiger partial charge on any atom is -0.490 e. The third-order valence-electron chi connectivity index (χ3n) is 1.79. The molecule has 5 nitrogen and oxygen atoms in total. The summed E-state index contributed by atoms with van der Waals surface area (Å²) in [5.41, 5.74) is 0.342. The minimum atomic E-state index is -0.538. The van der Waals surface area contributed by atoms with Crippen LogP contribution < -0.4 is 4.74 Å². The van der Waals surface area contributed by atoms with Crippen molar-refractivity contribution in [3.8, 4) is 17.6 Å². The predicted molar refractivity (Wildman–Crippen MR) is 57.2 cm³/mol. The van der Waals surface area contributed by atoms with Crippen molar-refractivity contribution >= 4 is 12.0 Å². The van der Waals surface area contributed by atoms with Crippen LogP contribution in [0.25, 0.3) is 0 Å². The van der Waals surface area contributed by atoms with Crippen molar-refractivity contribution in [2.24, 2.45) is 0 Å². The third kappa shape index (κ3) is 2.82. The number of ether oxygens (including phenoxy) is 1. The first-order valence-corrected chi connectivity index (χ1v) is 4.44. The standard InChI is InChI=1S/C11H9NO4/c1-16-11-6-5-9(4-2-3-7-13)8-10(11)12(14)15/h5-8H,3H2,1H3. The van der Waals surface area contributed by atoms with Gasteiger partial charge in [0.2, 0.25) is 0 Å². The van der Waals surface area contributed by atoms with Crippen LogP contribution in [0.1, 0.15) is 12.0 Å². The van der Waals surface area contributed by atoms with E-state index >= 15 is 0 Å². The van der Waals surface area contributed by atoms with Crippen LogP contribution in [0, 0.1) is 22.0 Å². The second-order valence-corrected chi connectivity index (χ2v) is 2.82. The molecular weight excluding hydrogens is 210 g/mol. The zero-order valence-electron chi connectivity index (χ0n) is 8.60. The molecule has 0 N–H and O–H groups in total. The van der Waals surface area contributed by atoms with Crippen molar-refractivity contribution in [1.29, 1.82) is 0 Å². The molecular formula is C11H9NO4. The van der Waals surface area contributed by atoms with Gasteiger partial charge in [0, 0.05) is 11.6 Å². The van der Waals surface area contributed by atoms with E-state index in [9.17, 15) is 14.9 Å². The molecule has 16 heavy (non-hydrogen) atoms. The number of methoxy groups -OCH3 is 1. The molecule has 0 radical (unpaired) electrons. The lowest BCUT2D eigenvalue weighted by Crippen LogP contribution is -1.94. The zero-order valence-corrected chi connectivity index (χ0v) is 8.60. The van der Waals surface area contributed by atoms with E-state index in [1.165, 1.54) is 19.2 Å². The van der Waals surface area contributed by atoms with E-state index < -0.39 is 4.92 Å². The van der Waals surface area contributed by atoms with E-state index in [-0.39, 0.29) is 17.9 Å². The first-order valence-electron chi connectivity index (χ1n) is 4.44. The Kier molecular flexibility index (Phi) is 4.04. The average Bonchev–Trinajstić information content (AvgIpc) is 2.29.